The number of rotatable bonds is 5. The van der Waals surface area contributed by atoms with Gasteiger partial charge in [-0.25, -0.2) is 8.42 Å². The third-order valence-corrected chi connectivity index (χ3v) is 6.21. The zero-order valence-corrected chi connectivity index (χ0v) is 15.1. The number of Topliss-reactive ketones (excluding diaryl/α,β-unsaturated/α-hetero) is 1. The standard InChI is InChI=1S/C17H21N3O4S/c1-13-11-16(18-24-13)12-19-7-9-20(10-8-19)25(22,23)17-5-3-15(4-6-17)14(2)21/h3-6,11H,7-10,12H2,1-2H3. The van der Waals surface area contributed by atoms with E-state index < -0.39 is 10.0 Å². The second-order valence-corrected chi connectivity index (χ2v) is 8.13. The summed E-state index contributed by atoms with van der Waals surface area (Å²) in [5.41, 5.74) is 1.36. The third-order valence-electron chi connectivity index (χ3n) is 4.29. The van der Waals surface area contributed by atoms with E-state index in [1.807, 2.05) is 13.0 Å². The predicted octanol–water partition coefficient (Wildman–Crippen LogP) is 1.69. The topological polar surface area (TPSA) is 83.7 Å². The number of sulfonamides is 1. The molecule has 0 aliphatic carbocycles. The van der Waals surface area contributed by atoms with Crippen molar-refractivity contribution in [3.05, 3.63) is 47.3 Å². The van der Waals surface area contributed by atoms with Crippen LogP contribution in [0.3, 0.4) is 0 Å². The Morgan fingerprint density at radius 3 is 2.32 bits per heavy atom. The monoisotopic (exact) mass is 363 g/mol. The summed E-state index contributed by atoms with van der Waals surface area (Å²) in [7, 11) is -3.54. The summed E-state index contributed by atoms with van der Waals surface area (Å²) >= 11 is 0. The summed E-state index contributed by atoms with van der Waals surface area (Å²) in [5, 5.41) is 3.97. The minimum Gasteiger partial charge on any atom is -0.361 e. The van der Waals surface area contributed by atoms with Crippen molar-refractivity contribution in [2.45, 2.75) is 25.3 Å². The lowest BCUT2D eigenvalue weighted by Gasteiger charge is -2.33. The quantitative estimate of drug-likeness (QED) is 0.752. The summed E-state index contributed by atoms with van der Waals surface area (Å²) in [6.45, 7) is 6.07. The Hall–Kier alpha value is -2.03. The SMILES string of the molecule is CC(=O)c1ccc(S(=O)(=O)N2CCN(Cc3cc(C)on3)CC2)cc1. The number of ketones is 1. The van der Waals surface area contributed by atoms with Crippen molar-refractivity contribution in [2.24, 2.45) is 0 Å². The number of aryl methyl sites for hydroxylation is 1. The maximum atomic E-state index is 12.7. The number of aromatic nitrogens is 1. The highest BCUT2D eigenvalue weighted by Gasteiger charge is 2.28. The molecule has 0 atom stereocenters. The minimum absolute atomic E-state index is 0.0827. The van der Waals surface area contributed by atoms with Gasteiger partial charge in [0.2, 0.25) is 10.0 Å². The van der Waals surface area contributed by atoms with Gasteiger partial charge in [0.25, 0.3) is 0 Å². The molecule has 134 valence electrons. The van der Waals surface area contributed by atoms with E-state index >= 15 is 0 Å². The normalized spacial score (nSPS) is 16.9. The summed E-state index contributed by atoms with van der Waals surface area (Å²) in [5.74, 6) is 0.686. The average molecular weight is 363 g/mol. The largest absolute Gasteiger partial charge is 0.361 e. The molecule has 1 aromatic carbocycles. The molecular weight excluding hydrogens is 342 g/mol. The van der Waals surface area contributed by atoms with E-state index in [1.54, 1.807) is 12.1 Å². The predicted molar refractivity (Wildman–Crippen MR) is 91.7 cm³/mol. The Labute approximate surface area is 147 Å². The van der Waals surface area contributed by atoms with Crippen molar-refractivity contribution in [2.75, 3.05) is 26.2 Å². The number of hydrogen-bond donors (Lipinski definition) is 0. The molecule has 0 spiro atoms. The van der Waals surface area contributed by atoms with Crippen LogP contribution in [0.4, 0.5) is 0 Å². The molecule has 2 heterocycles. The first-order valence-electron chi connectivity index (χ1n) is 8.12. The first-order chi connectivity index (χ1) is 11.9. The fraction of sp³-hybridized carbons (Fsp3) is 0.412. The van der Waals surface area contributed by atoms with Crippen molar-refractivity contribution >= 4 is 15.8 Å². The maximum Gasteiger partial charge on any atom is 0.243 e. The number of benzene rings is 1. The van der Waals surface area contributed by atoms with E-state index in [9.17, 15) is 13.2 Å². The van der Waals surface area contributed by atoms with Crippen LogP contribution in [0.25, 0.3) is 0 Å². The molecule has 1 fully saturated rings. The first-order valence-corrected chi connectivity index (χ1v) is 9.56. The zero-order chi connectivity index (χ0) is 18.0. The highest BCUT2D eigenvalue weighted by molar-refractivity contribution is 7.89. The Morgan fingerprint density at radius 2 is 1.80 bits per heavy atom. The van der Waals surface area contributed by atoms with Gasteiger partial charge in [-0.2, -0.15) is 4.31 Å². The van der Waals surface area contributed by atoms with Crippen molar-refractivity contribution in [3.8, 4) is 0 Å². The zero-order valence-electron chi connectivity index (χ0n) is 14.3. The van der Waals surface area contributed by atoms with Crippen LogP contribution in [0.15, 0.2) is 39.8 Å². The molecule has 0 bridgehead atoms. The Balaban J connectivity index is 1.63. The van der Waals surface area contributed by atoms with Crippen LogP contribution in [0.5, 0.6) is 0 Å². The number of carbonyl (C=O) groups excluding carboxylic acids is 1. The lowest BCUT2D eigenvalue weighted by Crippen LogP contribution is -2.48. The molecule has 25 heavy (non-hydrogen) atoms. The lowest BCUT2D eigenvalue weighted by molar-refractivity contribution is 0.101. The van der Waals surface area contributed by atoms with Gasteiger partial charge in [0.15, 0.2) is 5.78 Å². The molecule has 7 nitrogen and oxygen atoms in total. The Kier molecular flexibility index (Phi) is 5.03. The van der Waals surface area contributed by atoms with Crippen LogP contribution in [-0.4, -0.2) is 54.7 Å². The van der Waals surface area contributed by atoms with Gasteiger partial charge in [-0.15, -0.1) is 0 Å². The summed E-state index contributed by atoms with van der Waals surface area (Å²) in [6.07, 6.45) is 0. The molecule has 0 unspecified atom stereocenters. The van der Waals surface area contributed by atoms with Crippen LogP contribution in [0.2, 0.25) is 0 Å². The molecule has 1 aliphatic rings. The average Bonchev–Trinajstić information content (AvgIpc) is 3.00. The van der Waals surface area contributed by atoms with E-state index in [-0.39, 0.29) is 10.7 Å². The molecule has 8 heteroatoms. The van der Waals surface area contributed by atoms with E-state index in [1.165, 1.54) is 23.4 Å². The van der Waals surface area contributed by atoms with E-state index in [0.29, 0.717) is 38.3 Å². The maximum absolute atomic E-state index is 12.7. The molecule has 0 saturated carbocycles. The van der Waals surface area contributed by atoms with Gasteiger partial charge in [0, 0.05) is 44.4 Å². The second kappa shape index (κ2) is 7.07. The Morgan fingerprint density at radius 1 is 1.16 bits per heavy atom. The van der Waals surface area contributed by atoms with E-state index in [4.69, 9.17) is 4.52 Å². The summed E-state index contributed by atoms with van der Waals surface area (Å²) < 4.78 is 32.0. The fourth-order valence-electron chi connectivity index (χ4n) is 2.86. The van der Waals surface area contributed by atoms with Crippen molar-refractivity contribution in [1.29, 1.82) is 0 Å². The third kappa shape index (κ3) is 3.97. The minimum atomic E-state index is -3.54. The number of carbonyl (C=O) groups is 1. The number of piperazine rings is 1. The van der Waals surface area contributed by atoms with Crippen molar-refractivity contribution in [3.63, 3.8) is 0 Å². The van der Waals surface area contributed by atoms with Crippen LogP contribution < -0.4 is 0 Å². The Bertz CT molecular complexity index is 850. The molecular formula is C17H21N3O4S. The van der Waals surface area contributed by atoms with Gasteiger partial charge in [-0.05, 0) is 26.0 Å². The highest BCUT2D eigenvalue weighted by atomic mass is 32.2. The molecule has 2 aromatic rings. The van der Waals surface area contributed by atoms with E-state index in [0.717, 1.165) is 11.5 Å². The molecule has 1 aliphatic heterocycles. The summed E-state index contributed by atoms with van der Waals surface area (Å²) in [4.78, 5) is 13.7. The lowest BCUT2D eigenvalue weighted by atomic mass is 10.2. The molecule has 3 rings (SSSR count). The van der Waals surface area contributed by atoms with Gasteiger partial charge < -0.3 is 4.52 Å². The van der Waals surface area contributed by atoms with Crippen LogP contribution in [0.1, 0.15) is 28.7 Å². The molecule has 0 radical (unpaired) electrons. The van der Waals surface area contributed by atoms with Gasteiger partial charge in [-0.3, -0.25) is 9.69 Å². The number of hydrogen-bond acceptors (Lipinski definition) is 6. The van der Waals surface area contributed by atoms with Crippen molar-refractivity contribution < 1.29 is 17.7 Å². The fourth-order valence-corrected chi connectivity index (χ4v) is 4.28. The van der Waals surface area contributed by atoms with E-state index in [2.05, 4.69) is 10.1 Å². The first kappa shape index (κ1) is 17.8. The molecule has 1 saturated heterocycles. The van der Waals surface area contributed by atoms with Crippen LogP contribution in [-0.2, 0) is 16.6 Å². The molecule has 0 N–H and O–H groups in total. The molecule has 0 amide bonds. The van der Waals surface area contributed by atoms with Gasteiger partial charge in [0.05, 0.1) is 10.6 Å². The smallest absolute Gasteiger partial charge is 0.243 e. The van der Waals surface area contributed by atoms with Crippen LogP contribution in [0, 0.1) is 6.92 Å². The van der Waals surface area contributed by atoms with Gasteiger partial charge >= 0.3 is 0 Å². The van der Waals surface area contributed by atoms with Crippen molar-refractivity contribution in [1.82, 2.24) is 14.4 Å². The second-order valence-electron chi connectivity index (χ2n) is 6.19. The molecule has 1 aromatic heterocycles. The van der Waals surface area contributed by atoms with Crippen LogP contribution >= 0.6 is 0 Å². The van der Waals surface area contributed by atoms with Gasteiger partial charge in [-0.1, -0.05) is 17.3 Å². The summed E-state index contributed by atoms with van der Waals surface area (Å²) in [6, 6.07) is 7.99. The van der Waals surface area contributed by atoms with Gasteiger partial charge in [0.1, 0.15) is 5.76 Å². The highest BCUT2D eigenvalue weighted by Crippen LogP contribution is 2.19. The number of nitrogens with zero attached hydrogens (tertiary/aromatic N) is 3.